The summed E-state index contributed by atoms with van der Waals surface area (Å²) in [7, 11) is 0. The number of rotatable bonds is 4. The second-order valence-corrected chi connectivity index (χ2v) is 7.71. The van der Waals surface area contributed by atoms with Crippen molar-refractivity contribution in [2.45, 2.75) is 31.8 Å². The molecule has 0 bridgehead atoms. The molecular formula is C21H22N4OS. The molecule has 138 valence electrons. The minimum atomic E-state index is 0.114. The molecule has 2 heterocycles. The summed E-state index contributed by atoms with van der Waals surface area (Å²) >= 11 is 1.44. The van der Waals surface area contributed by atoms with Gasteiger partial charge in [0.05, 0.1) is 5.75 Å². The Bertz CT molecular complexity index is 965. The first-order chi connectivity index (χ1) is 13.1. The first kappa shape index (κ1) is 17.8. The van der Waals surface area contributed by atoms with E-state index in [1.54, 1.807) is 0 Å². The van der Waals surface area contributed by atoms with Crippen LogP contribution in [0.1, 0.15) is 23.4 Å². The van der Waals surface area contributed by atoms with Crippen molar-refractivity contribution in [3.63, 3.8) is 0 Å². The fourth-order valence-electron chi connectivity index (χ4n) is 3.42. The van der Waals surface area contributed by atoms with E-state index in [4.69, 9.17) is 0 Å². The van der Waals surface area contributed by atoms with Crippen LogP contribution >= 0.6 is 11.8 Å². The van der Waals surface area contributed by atoms with Gasteiger partial charge < -0.3 is 4.90 Å². The fourth-order valence-corrected chi connectivity index (χ4v) is 4.30. The number of benzene rings is 2. The summed E-state index contributed by atoms with van der Waals surface area (Å²) in [6, 6.07) is 16.4. The Hall–Kier alpha value is -2.60. The number of para-hydroxylation sites is 1. The number of hydrogen-bond donors (Lipinski definition) is 0. The van der Waals surface area contributed by atoms with E-state index >= 15 is 0 Å². The molecule has 5 nitrogen and oxygen atoms in total. The minimum Gasteiger partial charge on any atom is -0.311 e. The summed E-state index contributed by atoms with van der Waals surface area (Å²) in [6.45, 7) is 4.77. The van der Waals surface area contributed by atoms with E-state index in [0.29, 0.717) is 5.75 Å². The molecule has 1 aliphatic heterocycles. The number of aryl methyl sites for hydroxylation is 3. The number of fused-ring (bicyclic) bond motifs is 1. The first-order valence-electron chi connectivity index (χ1n) is 9.13. The Morgan fingerprint density at radius 2 is 1.85 bits per heavy atom. The Morgan fingerprint density at radius 1 is 1.07 bits per heavy atom. The van der Waals surface area contributed by atoms with Gasteiger partial charge in [-0.25, -0.2) is 0 Å². The average molecular weight is 379 g/mol. The number of hydrogen-bond acceptors (Lipinski definition) is 4. The third-order valence-electron chi connectivity index (χ3n) is 4.82. The van der Waals surface area contributed by atoms with Crippen LogP contribution in [-0.4, -0.2) is 33.0 Å². The van der Waals surface area contributed by atoms with E-state index < -0.39 is 0 Å². The van der Waals surface area contributed by atoms with Crippen LogP contribution in [0.3, 0.4) is 0 Å². The Balaban J connectivity index is 1.52. The van der Waals surface area contributed by atoms with Gasteiger partial charge in [-0.05, 0) is 50.5 Å². The van der Waals surface area contributed by atoms with Crippen LogP contribution in [0.15, 0.2) is 53.7 Å². The molecule has 1 aromatic heterocycles. The molecule has 1 amide bonds. The molecule has 0 N–H and O–H groups in total. The predicted octanol–water partition coefficient (Wildman–Crippen LogP) is 3.96. The second kappa shape index (κ2) is 7.56. The molecule has 0 saturated carbocycles. The van der Waals surface area contributed by atoms with Crippen LogP contribution in [0.25, 0.3) is 5.69 Å². The molecular weight excluding hydrogens is 356 g/mol. The molecule has 6 heteroatoms. The van der Waals surface area contributed by atoms with Gasteiger partial charge in [-0.2, -0.15) is 0 Å². The summed E-state index contributed by atoms with van der Waals surface area (Å²) in [5, 5.41) is 9.24. The number of carbonyl (C=O) groups excluding carboxylic acids is 1. The van der Waals surface area contributed by atoms with Crippen molar-refractivity contribution >= 4 is 23.4 Å². The van der Waals surface area contributed by atoms with Gasteiger partial charge in [-0.15, -0.1) is 10.2 Å². The quantitative estimate of drug-likeness (QED) is 0.645. The third-order valence-corrected chi connectivity index (χ3v) is 5.74. The fraction of sp³-hybridized carbons (Fsp3) is 0.286. The smallest absolute Gasteiger partial charge is 0.237 e. The topological polar surface area (TPSA) is 51.0 Å². The maximum absolute atomic E-state index is 12.9. The van der Waals surface area contributed by atoms with Gasteiger partial charge >= 0.3 is 0 Å². The van der Waals surface area contributed by atoms with E-state index in [1.165, 1.54) is 22.9 Å². The van der Waals surface area contributed by atoms with Crippen molar-refractivity contribution in [3.8, 4) is 5.69 Å². The summed E-state index contributed by atoms with van der Waals surface area (Å²) in [4.78, 5) is 14.8. The molecule has 0 radical (unpaired) electrons. The van der Waals surface area contributed by atoms with E-state index in [0.717, 1.165) is 41.7 Å². The highest BCUT2D eigenvalue weighted by Gasteiger charge is 2.23. The van der Waals surface area contributed by atoms with Crippen molar-refractivity contribution < 1.29 is 4.79 Å². The van der Waals surface area contributed by atoms with Crippen molar-refractivity contribution in [3.05, 3.63) is 65.5 Å². The lowest BCUT2D eigenvalue weighted by Gasteiger charge is -2.29. The zero-order valence-electron chi connectivity index (χ0n) is 15.6. The molecule has 0 saturated heterocycles. The average Bonchev–Trinajstić information content (AvgIpc) is 3.07. The van der Waals surface area contributed by atoms with E-state index in [9.17, 15) is 4.79 Å². The third kappa shape index (κ3) is 3.62. The lowest BCUT2D eigenvalue weighted by Crippen LogP contribution is -2.36. The van der Waals surface area contributed by atoms with E-state index in [-0.39, 0.29) is 5.91 Å². The van der Waals surface area contributed by atoms with Crippen LogP contribution < -0.4 is 4.90 Å². The number of thioether (sulfide) groups is 1. The monoisotopic (exact) mass is 378 g/mol. The maximum atomic E-state index is 12.9. The van der Waals surface area contributed by atoms with Gasteiger partial charge in [0.2, 0.25) is 5.91 Å². The molecule has 3 aromatic rings. The van der Waals surface area contributed by atoms with Crippen molar-refractivity contribution in [1.29, 1.82) is 0 Å². The van der Waals surface area contributed by atoms with Gasteiger partial charge in [0.15, 0.2) is 5.16 Å². The number of anilines is 1. The summed E-state index contributed by atoms with van der Waals surface area (Å²) in [5.41, 5.74) is 4.52. The van der Waals surface area contributed by atoms with Gasteiger partial charge in [0, 0.05) is 17.9 Å². The zero-order valence-corrected chi connectivity index (χ0v) is 16.4. The molecule has 0 unspecified atom stereocenters. The highest BCUT2D eigenvalue weighted by molar-refractivity contribution is 7.99. The number of aromatic nitrogens is 3. The molecule has 27 heavy (non-hydrogen) atoms. The molecule has 1 aliphatic rings. The molecule has 4 rings (SSSR count). The lowest BCUT2D eigenvalue weighted by atomic mass is 10.0. The van der Waals surface area contributed by atoms with E-state index in [2.05, 4.69) is 47.5 Å². The van der Waals surface area contributed by atoms with E-state index in [1.807, 2.05) is 34.6 Å². The zero-order chi connectivity index (χ0) is 18.8. The van der Waals surface area contributed by atoms with Gasteiger partial charge in [-0.1, -0.05) is 47.7 Å². The van der Waals surface area contributed by atoms with Crippen molar-refractivity contribution in [2.75, 3.05) is 17.2 Å². The van der Waals surface area contributed by atoms with Crippen molar-refractivity contribution in [2.24, 2.45) is 0 Å². The second-order valence-electron chi connectivity index (χ2n) is 6.77. The van der Waals surface area contributed by atoms with Crippen LogP contribution in [0.2, 0.25) is 0 Å². The highest BCUT2D eigenvalue weighted by Crippen LogP contribution is 2.28. The Morgan fingerprint density at radius 3 is 2.67 bits per heavy atom. The number of amides is 1. The SMILES string of the molecule is Cc1ccc(-n2c(C)nnc2SCC(=O)N2CCCc3ccccc32)cc1. The Labute approximate surface area is 163 Å². The molecule has 0 aliphatic carbocycles. The van der Waals surface area contributed by atoms with Crippen molar-refractivity contribution in [1.82, 2.24) is 14.8 Å². The Kier molecular flexibility index (Phi) is 4.99. The molecule has 0 fully saturated rings. The number of carbonyl (C=O) groups is 1. The first-order valence-corrected chi connectivity index (χ1v) is 10.1. The molecule has 2 aromatic carbocycles. The lowest BCUT2D eigenvalue weighted by molar-refractivity contribution is -0.116. The predicted molar refractivity (Wildman–Crippen MR) is 109 cm³/mol. The van der Waals surface area contributed by atoms with Crippen LogP contribution in [0.5, 0.6) is 0 Å². The summed E-state index contributed by atoms with van der Waals surface area (Å²) in [5.74, 6) is 1.28. The maximum Gasteiger partial charge on any atom is 0.237 e. The largest absolute Gasteiger partial charge is 0.311 e. The van der Waals surface area contributed by atoms with Crippen LogP contribution in [0, 0.1) is 13.8 Å². The van der Waals surface area contributed by atoms with Gasteiger partial charge in [-0.3, -0.25) is 9.36 Å². The van der Waals surface area contributed by atoms with Gasteiger partial charge in [0.25, 0.3) is 0 Å². The standard InChI is InChI=1S/C21H22N4OS/c1-15-9-11-18(12-10-15)25-16(2)22-23-21(25)27-14-20(26)24-13-5-7-17-6-3-4-8-19(17)24/h3-4,6,8-12H,5,7,13-14H2,1-2H3. The van der Waals surface area contributed by atoms with Gasteiger partial charge in [0.1, 0.15) is 5.82 Å². The van der Waals surface area contributed by atoms with Crippen LogP contribution in [-0.2, 0) is 11.2 Å². The number of nitrogens with zero attached hydrogens (tertiary/aromatic N) is 4. The molecule has 0 atom stereocenters. The van der Waals surface area contributed by atoms with Crippen LogP contribution in [0.4, 0.5) is 5.69 Å². The minimum absolute atomic E-state index is 0.114. The summed E-state index contributed by atoms with van der Waals surface area (Å²) in [6.07, 6.45) is 2.04. The molecule has 0 spiro atoms. The highest BCUT2D eigenvalue weighted by atomic mass is 32.2. The summed E-state index contributed by atoms with van der Waals surface area (Å²) < 4.78 is 2.00. The normalized spacial score (nSPS) is 13.5.